The Morgan fingerprint density at radius 1 is 1.22 bits per heavy atom. The predicted molar refractivity (Wildman–Crippen MR) is 123 cm³/mol. The van der Waals surface area contributed by atoms with Gasteiger partial charge in [-0.3, -0.25) is 14.5 Å². The van der Waals surface area contributed by atoms with Gasteiger partial charge >= 0.3 is 0 Å². The number of halogens is 2. The number of benzene rings is 2. The molecule has 8 heteroatoms. The molecule has 2 N–H and O–H groups in total. The van der Waals surface area contributed by atoms with Crippen LogP contribution in [0, 0.1) is 11.7 Å². The summed E-state index contributed by atoms with van der Waals surface area (Å²) < 4.78 is 19.2. The van der Waals surface area contributed by atoms with Gasteiger partial charge in [-0.2, -0.15) is 0 Å². The SMILES string of the molecule is COCCCNC(=O)c1ccccc1NC(=O)C1CCCN(Cc2c(F)cccc2Cl)C1. The molecule has 1 atom stereocenters. The van der Waals surface area contributed by atoms with E-state index in [0.29, 0.717) is 54.5 Å². The minimum absolute atomic E-state index is 0.144. The van der Waals surface area contributed by atoms with Gasteiger partial charge in [-0.15, -0.1) is 0 Å². The second-order valence-corrected chi connectivity index (χ2v) is 8.32. The Balaban J connectivity index is 1.61. The number of hydrogen-bond donors (Lipinski definition) is 2. The van der Waals surface area contributed by atoms with Crippen molar-refractivity contribution in [2.45, 2.75) is 25.8 Å². The number of piperidine rings is 1. The van der Waals surface area contributed by atoms with Gasteiger partial charge in [0.25, 0.3) is 5.91 Å². The molecule has 6 nitrogen and oxygen atoms in total. The van der Waals surface area contributed by atoms with E-state index in [-0.39, 0.29) is 23.5 Å². The van der Waals surface area contributed by atoms with E-state index in [0.717, 1.165) is 19.4 Å². The molecule has 1 saturated heterocycles. The van der Waals surface area contributed by atoms with Crippen LogP contribution >= 0.6 is 11.6 Å². The molecule has 0 spiro atoms. The van der Waals surface area contributed by atoms with Crippen molar-refractivity contribution in [2.24, 2.45) is 5.92 Å². The number of carbonyl (C=O) groups is 2. The van der Waals surface area contributed by atoms with Crippen LogP contribution in [-0.2, 0) is 16.1 Å². The number of carbonyl (C=O) groups excluding carboxylic acids is 2. The molecule has 172 valence electrons. The monoisotopic (exact) mass is 461 g/mol. The molecule has 2 aromatic carbocycles. The molecule has 1 aliphatic heterocycles. The standard InChI is InChI=1S/C24H29ClFN3O3/c1-32-14-6-12-27-24(31)18-8-2-3-11-22(18)28-23(30)17-7-5-13-29(15-17)16-19-20(25)9-4-10-21(19)26/h2-4,8-11,17H,5-7,12-16H2,1H3,(H,27,31)(H,28,30). The smallest absolute Gasteiger partial charge is 0.253 e. The van der Waals surface area contributed by atoms with Gasteiger partial charge in [-0.25, -0.2) is 4.39 Å². The first kappa shape index (κ1) is 24.2. The van der Waals surface area contributed by atoms with Crippen molar-refractivity contribution >= 4 is 29.1 Å². The molecule has 0 radical (unpaired) electrons. The van der Waals surface area contributed by atoms with Crippen molar-refractivity contribution in [3.63, 3.8) is 0 Å². The molecule has 2 amide bonds. The zero-order valence-electron chi connectivity index (χ0n) is 18.2. The molecule has 2 aromatic rings. The molecular formula is C24H29ClFN3O3. The van der Waals surface area contributed by atoms with Gasteiger partial charge in [-0.1, -0.05) is 29.8 Å². The second-order valence-electron chi connectivity index (χ2n) is 7.91. The fourth-order valence-corrected chi connectivity index (χ4v) is 4.08. The Morgan fingerprint density at radius 2 is 2.03 bits per heavy atom. The summed E-state index contributed by atoms with van der Waals surface area (Å²) in [5.74, 6) is -0.980. The van der Waals surface area contributed by atoms with Gasteiger partial charge in [0.05, 0.1) is 17.2 Å². The van der Waals surface area contributed by atoms with Crippen LogP contribution in [0.25, 0.3) is 0 Å². The molecule has 0 saturated carbocycles. The minimum atomic E-state index is -0.338. The molecule has 0 aliphatic carbocycles. The van der Waals surface area contributed by atoms with Gasteiger partial charge in [0.15, 0.2) is 0 Å². The van der Waals surface area contributed by atoms with Crippen LogP contribution in [0.15, 0.2) is 42.5 Å². The number of methoxy groups -OCH3 is 1. The lowest BCUT2D eigenvalue weighted by Gasteiger charge is -2.32. The van der Waals surface area contributed by atoms with Crippen molar-refractivity contribution in [1.29, 1.82) is 0 Å². The Labute approximate surface area is 193 Å². The maximum absolute atomic E-state index is 14.2. The third kappa shape index (κ3) is 6.51. The Hall–Kier alpha value is -2.48. The highest BCUT2D eigenvalue weighted by atomic mass is 35.5. The maximum atomic E-state index is 14.2. The number of nitrogens with one attached hydrogen (secondary N) is 2. The lowest BCUT2D eigenvalue weighted by atomic mass is 9.96. The number of ether oxygens (including phenoxy) is 1. The van der Waals surface area contributed by atoms with E-state index in [1.54, 1.807) is 43.5 Å². The average molecular weight is 462 g/mol. The first-order chi connectivity index (χ1) is 15.5. The summed E-state index contributed by atoms with van der Waals surface area (Å²) in [4.78, 5) is 27.6. The molecule has 1 aliphatic rings. The largest absolute Gasteiger partial charge is 0.385 e. The van der Waals surface area contributed by atoms with Gasteiger partial charge in [-0.05, 0) is 50.1 Å². The summed E-state index contributed by atoms with van der Waals surface area (Å²) in [6, 6.07) is 11.6. The highest BCUT2D eigenvalue weighted by Crippen LogP contribution is 2.25. The fourth-order valence-electron chi connectivity index (χ4n) is 3.86. The number of likely N-dealkylation sites (tertiary alicyclic amines) is 1. The van der Waals surface area contributed by atoms with Crippen molar-refractivity contribution in [3.8, 4) is 0 Å². The molecule has 32 heavy (non-hydrogen) atoms. The fraction of sp³-hybridized carbons (Fsp3) is 0.417. The number of anilines is 1. The van der Waals surface area contributed by atoms with Crippen molar-refractivity contribution in [3.05, 3.63) is 64.4 Å². The summed E-state index contributed by atoms with van der Waals surface area (Å²) in [5.41, 5.74) is 1.35. The van der Waals surface area contributed by atoms with E-state index < -0.39 is 0 Å². The normalized spacial score (nSPS) is 16.5. The van der Waals surface area contributed by atoms with E-state index in [2.05, 4.69) is 10.6 Å². The van der Waals surface area contributed by atoms with E-state index in [1.165, 1.54) is 6.07 Å². The number of hydrogen-bond acceptors (Lipinski definition) is 4. The third-order valence-corrected chi connectivity index (χ3v) is 5.91. The topological polar surface area (TPSA) is 70.7 Å². The van der Waals surface area contributed by atoms with Crippen molar-refractivity contribution in [1.82, 2.24) is 10.2 Å². The average Bonchev–Trinajstić information content (AvgIpc) is 2.80. The highest BCUT2D eigenvalue weighted by molar-refractivity contribution is 6.31. The zero-order chi connectivity index (χ0) is 22.9. The van der Waals surface area contributed by atoms with Crippen LogP contribution in [0.5, 0.6) is 0 Å². The number of nitrogens with zero attached hydrogens (tertiary/aromatic N) is 1. The first-order valence-electron chi connectivity index (χ1n) is 10.8. The molecule has 1 fully saturated rings. The van der Waals surface area contributed by atoms with Crippen LogP contribution in [0.4, 0.5) is 10.1 Å². The van der Waals surface area contributed by atoms with Crippen LogP contribution in [0.3, 0.4) is 0 Å². The van der Waals surface area contributed by atoms with Crippen LogP contribution in [0.2, 0.25) is 5.02 Å². The lowest BCUT2D eigenvalue weighted by molar-refractivity contribution is -0.121. The summed E-state index contributed by atoms with van der Waals surface area (Å²) in [7, 11) is 1.62. The van der Waals surface area contributed by atoms with E-state index in [1.807, 2.05) is 4.90 Å². The molecule has 3 rings (SSSR count). The lowest BCUT2D eigenvalue weighted by Crippen LogP contribution is -2.40. The third-order valence-electron chi connectivity index (χ3n) is 5.56. The molecule has 0 aromatic heterocycles. The highest BCUT2D eigenvalue weighted by Gasteiger charge is 2.27. The summed E-state index contributed by atoms with van der Waals surface area (Å²) >= 11 is 6.16. The maximum Gasteiger partial charge on any atom is 0.253 e. The number of amides is 2. The summed E-state index contributed by atoms with van der Waals surface area (Å²) in [6.45, 7) is 2.69. The summed E-state index contributed by atoms with van der Waals surface area (Å²) in [6.07, 6.45) is 2.27. The number of rotatable bonds is 9. The number of para-hydroxylation sites is 1. The quantitative estimate of drug-likeness (QED) is 0.552. The second kappa shape index (κ2) is 11.9. The Morgan fingerprint density at radius 3 is 2.81 bits per heavy atom. The molecule has 0 bridgehead atoms. The van der Waals surface area contributed by atoms with Crippen LogP contribution in [0.1, 0.15) is 35.2 Å². The van der Waals surface area contributed by atoms with E-state index in [9.17, 15) is 14.0 Å². The summed E-state index contributed by atoms with van der Waals surface area (Å²) in [5, 5.41) is 6.15. The van der Waals surface area contributed by atoms with Gasteiger partial charge < -0.3 is 15.4 Å². The van der Waals surface area contributed by atoms with Gasteiger partial charge in [0.1, 0.15) is 5.82 Å². The van der Waals surface area contributed by atoms with Crippen molar-refractivity contribution in [2.75, 3.05) is 38.7 Å². The Bertz CT molecular complexity index is 920. The Kier molecular flexibility index (Phi) is 9.02. The first-order valence-corrected chi connectivity index (χ1v) is 11.2. The molecule has 1 heterocycles. The zero-order valence-corrected chi connectivity index (χ0v) is 19.0. The molecular weight excluding hydrogens is 433 g/mol. The van der Waals surface area contributed by atoms with Gasteiger partial charge in [0.2, 0.25) is 5.91 Å². The van der Waals surface area contributed by atoms with E-state index >= 15 is 0 Å². The van der Waals surface area contributed by atoms with Gasteiger partial charge in [0, 0.05) is 43.9 Å². The van der Waals surface area contributed by atoms with Crippen LogP contribution in [-0.4, -0.2) is 50.1 Å². The minimum Gasteiger partial charge on any atom is -0.385 e. The van der Waals surface area contributed by atoms with E-state index in [4.69, 9.17) is 16.3 Å². The molecule has 1 unspecified atom stereocenters. The van der Waals surface area contributed by atoms with Crippen molar-refractivity contribution < 1.29 is 18.7 Å². The predicted octanol–water partition coefficient (Wildman–Crippen LogP) is 4.10. The van der Waals surface area contributed by atoms with Crippen LogP contribution < -0.4 is 10.6 Å².